The third-order valence-electron chi connectivity index (χ3n) is 4.47. The van der Waals surface area contributed by atoms with Crippen LogP contribution in [0.1, 0.15) is 31.2 Å². The molecule has 0 bridgehead atoms. The summed E-state index contributed by atoms with van der Waals surface area (Å²) in [6, 6.07) is 2.65. The fourth-order valence-corrected chi connectivity index (χ4v) is 3.34. The first-order valence-corrected chi connectivity index (χ1v) is 8.02. The minimum atomic E-state index is -0.277. The monoisotopic (exact) mass is 340 g/mol. The van der Waals surface area contributed by atoms with Crippen LogP contribution in [0.4, 0.5) is 5.82 Å². The molecule has 110 valence electrons. The Morgan fingerprint density at radius 3 is 2.55 bits per heavy atom. The number of anilines is 1. The van der Waals surface area contributed by atoms with Crippen molar-refractivity contribution in [3.63, 3.8) is 0 Å². The van der Waals surface area contributed by atoms with Gasteiger partial charge in [-0.15, -0.1) is 0 Å². The first-order chi connectivity index (χ1) is 9.60. The van der Waals surface area contributed by atoms with E-state index in [0.717, 1.165) is 49.2 Å². The number of nitrogens with zero attached hydrogens (tertiary/aromatic N) is 2. The average Bonchev–Trinajstić information content (AvgIpc) is 2.90. The molecular weight excluding hydrogens is 320 g/mol. The Bertz CT molecular complexity index is 479. The van der Waals surface area contributed by atoms with Gasteiger partial charge in [0, 0.05) is 36.6 Å². The maximum absolute atomic E-state index is 5.79. The highest BCUT2D eigenvalue weighted by Gasteiger charge is 2.41. The summed E-state index contributed by atoms with van der Waals surface area (Å²) in [5, 5.41) is 0. The third-order valence-corrected chi connectivity index (χ3v) is 5.30. The summed E-state index contributed by atoms with van der Waals surface area (Å²) < 4.78 is 12.6. The largest absolute Gasteiger partial charge is 0.357 e. The Morgan fingerprint density at radius 1 is 1.30 bits per heavy atom. The SMILES string of the molecule is Cc1cc(N(C)C2CCC3(CC2)OCCO3)ncc1Br. The van der Waals surface area contributed by atoms with E-state index in [4.69, 9.17) is 9.47 Å². The van der Waals surface area contributed by atoms with Crippen molar-refractivity contribution >= 4 is 21.7 Å². The molecule has 0 atom stereocenters. The molecule has 1 aliphatic carbocycles. The van der Waals surface area contributed by atoms with Gasteiger partial charge in [0.25, 0.3) is 0 Å². The number of aromatic nitrogens is 1. The summed E-state index contributed by atoms with van der Waals surface area (Å²) in [6.07, 6.45) is 6.03. The average molecular weight is 341 g/mol. The van der Waals surface area contributed by atoms with Gasteiger partial charge in [-0.3, -0.25) is 0 Å². The zero-order valence-corrected chi connectivity index (χ0v) is 13.6. The number of halogens is 1. The zero-order chi connectivity index (χ0) is 14.2. The van der Waals surface area contributed by atoms with Crippen molar-refractivity contribution < 1.29 is 9.47 Å². The minimum absolute atomic E-state index is 0.277. The highest BCUT2D eigenvalue weighted by molar-refractivity contribution is 9.10. The quantitative estimate of drug-likeness (QED) is 0.827. The molecule has 3 rings (SSSR count). The molecule has 0 N–H and O–H groups in total. The number of hydrogen-bond acceptors (Lipinski definition) is 4. The first-order valence-electron chi connectivity index (χ1n) is 7.23. The Morgan fingerprint density at radius 2 is 1.95 bits per heavy atom. The molecule has 4 nitrogen and oxygen atoms in total. The second-order valence-electron chi connectivity index (χ2n) is 5.74. The fraction of sp³-hybridized carbons (Fsp3) is 0.667. The first kappa shape index (κ1) is 14.3. The van der Waals surface area contributed by atoms with E-state index in [1.807, 2.05) is 6.20 Å². The maximum atomic E-state index is 5.79. The highest BCUT2D eigenvalue weighted by Crippen LogP contribution is 2.38. The number of ether oxygens (including phenoxy) is 2. The van der Waals surface area contributed by atoms with Crippen molar-refractivity contribution in [1.29, 1.82) is 0 Å². The number of hydrogen-bond donors (Lipinski definition) is 0. The van der Waals surface area contributed by atoms with E-state index in [0.29, 0.717) is 6.04 Å². The normalized spacial score (nSPS) is 22.4. The molecule has 1 saturated carbocycles. The van der Waals surface area contributed by atoms with Crippen LogP contribution in [-0.2, 0) is 9.47 Å². The summed E-state index contributed by atoms with van der Waals surface area (Å²) >= 11 is 3.50. The fourth-order valence-electron chi connectivity index (χ4n) is 3.12. The van der Waals surface area contributed by atoms with E-state index in [2.05, 4.69) is 45.9 Å². The van der Waals surface area contributed by atoms with Crippen LogP contribution in [0.3, 0.4) is 0 Å². The molecule has 20 heavy (non-hydrogen) atoms. The highest BCUT2D eigenvalue weighted by atomic mass is 79.9. The van der Waals surface area contributed by atoms with Crippen LogP contribution in [0.2, 0.25) is 0 Å². The lowest BCUT2D eigenvalue weighted by Crippen LogP contribution is -2.43. The van der Waals surface area contributed by atoms with Crippen LogP contribution in [0, 0.1) is 6.92 Å². The topological polar surface area (TPSA) is 34.6 Å². The van der Waals surface area contributed by atoms with E-state index in [1.165, 1.54) is 5.56 Å². The summed E-state index contributed by atoms with van der Waals surface area (Å²) in [5.74, 6) is 0.764. The Labute approximate surface area is 128 Å². The lowest BCUT2D eigenvalue weighted by atomic mass is 9.89. The van der Waals surface area contributed by atoms with Gasteiger partial charge in [-0.05, 0) is 47.3 Å². The van der Waals surface area contributed by atoms with Gasteiger partial charge in [0.15, 0.2) is 5.79 Å². The zero-order valence-electron chi connectivity index (χ0n) is 12.1. The van der Waals surface area contributed by atoms with E-state index >= 15 is 0 Å². The molecule has 0 aromatic carbocycles. The molecule has 1 saturated heterocycles. The van der Waals surface area contributed by atoms with E-state index in [1.54, 1.807) is 0 Å². The van der Waals surface area contributed by atoms with Crippen molar-refractivity contribution in [2.24, 2.45) is 0 Å². The standard InChI is InChI=1S/C15H21BrN2O2/c1-11-9-14(17-10-13(11)16)18(2)12-3-5-15(6-4-12)19-7-8-20-15/h9-10,12H,3-8H2,1-2H3. The van der Waals surface area contributed by atoms with Crippen molar-refractivity contribution in [2.75, 3.05) is 25.2 Å². The smallest absolute Gasteiger partial charge is 0.168 e. The molecule has 0 unspecified atom stereocenters. The van der Waals surface area contributed by atoms with Crippen LogP contribution in [-0.4, -0.2) is 37.1 Å². The predicted octanol–water partition coefficient (Wildman–Crippen LogP) is 3.27. The summed E-state index contributed by atoms with van der Waals surface area (Å²) in [6.45, 7) is 3.58. The summed E-state index contributed by atoms with van der Waals surface area (Å²) in [5.41, 5.74) is 1.22. The molecule has 1 spiro atoms. The van der Waals surface area contributed by atoms with Crippen molar-refractivity contribution in [3.05, 3.63) is 22.3 Å². The van der Waals surface area contributed by atoms with Gasteiger partial charge in [-0.25, -0.2) is 4.98 Å². The minimum Gasteiger partial charge on any atom is -0.357 e. The van der Waals surface area contributed by atoms with Crippen molar-refractivity contribution in [1.82, 2.24) is 4.98 Å². The molecular formula is C15H21BrN2O2. The predicted molar refractivity (Wildman–Crippen MR) is 82.0 cm³/mol. The van der Waals surface area contributed by atoms with Crippen molar-refractivity contribution in [2.45, 2.75) is 44.4 Å². The second kappa shape index (κ2) is 5.62. The van der Waals surface area contributed by atoms with Crippen molar-refractivity contribution in [3.8, 4) is 0 Å². The molecule has 1 aromatic heterocycles. The summed E-state index contributed by atoms with van der Waals surface area (Å²) in [4.78, 5) is 6.81. The summed E-state index contributed by atoms with van der Waals surface area (Å²) in [7, 11) is 2.13. The van der Waals surface area contributed by atoms with Gasteiger partial charge >= 0.3 is 0 Å². The molecule has 1 aromatic rings. The van der Waals surface area contributed by atoms with Crippen LogP contribution < -0.4 is 4.90 Å². The van der Waals surface area contributed by atoms with Crippen LogP contribution >= 0.6 is 15.9 Å². The van der Waals surface area contributed by atoms with E-state index in [9.17, 15) is 0 Å². The Balaban J connectivity index is 1.66. The third kappa shape index (κ3) is 2.71. The van der Waals surface area contributed by atoms with Gasteiger partial charge in [-0.1, -0.05) is 0 Å². The second-order valence-corrected chi connectivity index (χ2v) is 6.60. The molecule has 2 fully saturated rings. The van der Waals surface area contributed by atoms with Crippen LogP contribution in [0.5, 0.6) is 0 Å². The van der Waals surface area contributed by atoms with Crippen LogP contribution in [0.15, 0.2) is 16.7 Å². The van der Waals surface area contributed by atoms with Gasteiger partial charge in [-0.2, -0.15) is 0 Å². The van der Waals surface area contributed by atoms with E-state index < -0.39 is 0 Å². The van der Waals surface area contributed by atoms with E-state index in [-0.39, 0.29) is 5.79 Å². The number of rotatable bonds is 2. The molecule has 5 heteroatoms. The maximum Gasteiger partial charge on any atom is 0.168 e. The molecule has 2 aliphatic rings. The van der Waals surface area contributed by atoms with Crippen LogP contribution in [0.25, 0.3) is 0 Å². The molecule has 1 aliphatic heterocycles. The molecule has 0 amide bonds. The van der Waals surface area contributed by atoms with Gasteiger partial charge in [0.1, 0.15) is 5.82 Å². The Hall–Kier alpha value is -0.650. The molecule has 0 radical (unpaired) electrons. The van der Waals surface area contributed by atoms with Gasteiger partial charge < -0.3 is 14.4 Å². The Kier molecular flexibility index (Phi) is 4.02. The molecule has 2 heterocycles. The lowest BCUT2D eigenvalue weighted by Gasteiger charge is -2.39. The number of aryl methyl sites for hydroxylation is 1. The number of pyridine rings is 1. The lowest BCUT2D eigenvalue weighted by molar-refractivity contribution is -0.178. The van der Waals surface area contributed by atoms with Gasteiger partial charge in [0.05, 0.1) is 13.2 Å². The van der Waals surface area contributed by atoms with Gasteiger partial charge in [0.2, 0.25) is 0 Å².